The fourth-order valence-corrected chi connectivity index (χ4v) is 3.68. The largest absolute Gasteiger partial charge is 0.289 e. The average Bonchev–Trinajstić information content (AvgIpc) is 2.70. The molecule has 0 unspecified atom stereocenters. The molecule has 132 valence electrons. The van der Waals surface area contributed by atoms with E-state index in [1.54, 1.807) is 0 Å². The van der Waals surface area contributed by atoms with Crippen LogP contribution in [0.3, 0.4) is 0 Å². The first kappa shape index (κ1) is 17.2. The van der Waals surface area contributed by atoms with Crippen molar-refractivity contribution in [1.82, 2.24) is 0 Å². The molecule has 0 saturated carbocycles. The van der Waals surface area contributed by atoms with Crippen LogP contribution in [0.2, 0.25) is 0 Å². The van der Waals surface area contributed by atoms with E-state index in [9.17, 15) is 0 Å². The maximum Gasteiger partial charge on any atom is 0.0991 e. The maximum absolute atomic E-state index is 9.02. The van der Waals surface area contributed by atoms with Crippen molar-refractivity contribution < 1.29 is 0 Å². The second kappa shape index (κ2) is 7.21. The lowest BCUT2D eigenvalue weighted by Crippen LogP contribution is -2.17. The second-order valence-corrected chi connectivity index (χ2v) is 7.35. The lowest BCUT2D eigenvalue weighted by Gasteiger charge is -2.20. The summed E-state index contributed by atoms with van der Waals surface area (Å²) in [5.41, 5.74) is 7.03. The quantitative estimate of drug-likeness (QED) is 0.543. The number of nitrogens with zero attached hydrogens (tertiary/aromatic N) is 2. The number of rotatable bonds is 3. The standard InChI is InChI=1S/C25H22N2/c1-17(2)25-24-10-7-19(14-23(24)11-12-27-25)4-3-18-5-8-22-15-20(16-26)6-9-21(22)13-18/h3-10,13-15,17H,11-12H2,1-2H3/b4-3+. The predicted octanol–water partition coefficient (Wildman–Crippen LogP) is 5.88. The summed E-state index contributed by atoms with van der Waals surface area (Å²) in [5, 5.41) is 11.3. The number of fused-ring (bicyclic) bond motifs is 2. The minimum Gasteiger partial charge on any atom is -0.289 e. The zero-order valence-electron chi connectivity index (χ0n) is 15.7. The van der Waals surface area contributed by atoms with Crippen LogP contribution in [0.15, 0.2) is 59.6 Å². The number of benzene rings is 3. The number of hydrogen-bond acceptors (Lipinski definition) is 2. The van der Waals surface area contributed by atoms with Gasteiger partial charge in [0.05, 0.1) is 11.6 Å². The lowest BCUT2D eigenvalue weighted by atomic mass is 9.90. The van der Waals surface area contributed by atoms with Gasteiger partial charge in [0.1, 0.15) is 0 Å². The van der Waals surface area contributed by atoms with Gasteiger partial charge in [0.15, 0.2) is 0 Å². The Morgan fingerprint density at radius 1 is 0.926 bits per heavy atom. The Hall–Kier alpha value is -3.18. The summed E-state index contributed by atoms with van der Waals surface area (Å²) in [6.07, 6.45) is 5.34. The molecule has 3 aromatic rings. The number of hydrogen-bond donors (Lipinski definition) is 0. The zero-order valence-corrected chi connectivity index (χ0v) is 15.7. The van der Waals surface area contributed by atoms with Gasteiger partial charge in [0, 0.05) is 12.3 Å². The number of aliphatic imine (C=N–C) groups is 1. The smallest absolute Gasteiger partial charge is 0.0991 e. The molecule has 0 N–H and O–H groups in total. The van der Waals surface area contributed by atoms with Crippen LogP contribution in [-0.2, 0) is 6.42 Å². The summed E-state index contributed by atoms with van der Waals surface area (Å²) in [4.78, 5) is 4.71. The second-order valence-electron chi connectivity index (χ2n) is 7.35. The maximum atomic E-state index is 9.02. The van der Waals surface area contributed by atoms with E-state index in [0.717, 1.165) is 29.3 Å². The molecule has 0 radical (unpaired) electrons. The SMILES string of the molecule is CC(C)C1=NCCc2cc(/C=C/c3ccc4cc(C#N)ccc4c3)ccc21. The lowest BCUT2D eigenvalue weighted by molar-refractivity contribution is 0.839. The molecule has 1 heterocycles. The first-order valence-electron chi connectivity index (χ1n) is 9.44. The normalized spacial score (nSPS) is 13.6. The summed E-state index contributed by atoms with van der Waals surface area (Å²) < 4.78 is 0. The Morgan fingerprint density at radius 3 is 2.41 bits per heavy atom. The summed E-state index contributed by atoms with van der Waals surface area (Å²) in [5.74, 6) is 0.463. The van der Waals surface area contributed by atoms with E-state index in [4.69, 9.17) is 10.3 Å². The highest BCUT2D eigenvalue weighted by molar-refractivity contribution is 6.04. The molecule has 0 fully saturated rings. The Labute approximate surface area is 160 Å². The van der Waals surface area contributed by atoms with E-state index < -0.39 is 0 Å². The Bertz CT molecular complexity index is 1110. The van der Waals surface area contributed by atoms with E-state index >= 15 is 0 Å². The fraction of sp³-hybridized carbons (Fsp3) is 0.200. The van der Waals surface area contributed by atoms with E-state index in [1.807, 2.05) is 18.2 Å². The molecule has 0 bridgehead atoms. The molecule has 2 heteroatoms. The third-order valence-corrected chi connectivity index (χ3v) is 5.08. The summed E-state index contributed by atoms with van der Waals surface area (Å²) in [6, 6.07) is 21.0. The predicted molar refractivity (Wildman–Crippen MR) is 114 cm³/mol. The minimum absolute atomic E-state index is 0.463. The van der Waals surface area contributed by atoms with Crippen LogP contribution in [0.25, 0.3) is 22.9 Å². The monoisotopic (exact) mass is 350 g/mol. The molecule has 4 rings (SSSR count). The molecule has 0 atom stereocenters. The first-order valence-corrected chi connectivity index (χ1v) is 9.44. The van der Waals surface area contributed by atoms with Crippen molar-refractivity contribution in [3.8, 4) is 6.07 Å². The van der Waals surface area contributed by atoms with Gasteiger partial charge < -0.3 is 0 Å². The van der Waals surface area contributed by atoms with Gasteiger partial charge in [0.25, 0.3) is 0 Å². The van der Waals surface area contributed by atoms with Crippen molar-refractivity contribution >= 4 is 28.6 Å². The highest BCUT2D eigenvalue weighted by atomic mass is 14.8. The zero-order chi connectivity index (χ0) is 18.8. The first-order chi connectivity index (χ1) is 13.1. The van der Waals surface area contributed by atoms with Crippen molar-refractivity contribution in [3.63, 3.8) is 0 Å². The highest BCUT2D eigenvalue weighted by Crippen LogP contribution is 2.23. The van der Waals surface area contributed by atoms with E-state index in [-0.39, 0.29) is 0 Å². The van der Waals surface area contributed by atoms with Gasteiger partial charge in [-0.15, -0.1) is 0 Å². The molecule has 27 heavy (non-hydrogen) atoms. The number of nitriles is 1. The van der Waals surface area contributed by atoms with Gasteiger partial charge in [0.2, 0.25) is 0 Å². The molecular weight excluding hydrogens is 328 g/mol. The third-order valence-electron chi connectivity index (χ3n) is 5.08. The van der Waals surface area contributed by atoms with Crippen molar-refractivity contribution in [2.45, 2.75) is 20.3 Å². The Morgan fingerprint density at radius 2 is 1.63 bits per heavy atom. The molecule has 0 aromatic heterocycles. The third kappa shape index (κ3) is 3.55. The summed E-state index contributed by atoms with van der Waals surface area (Å²) >= 11 is 0. The van der Waals surface area contributed by atoms with Crippen LogP contribution in [0.1, 0.15) is 41.7 Å². The van der Waals surface area contributed by atoms with Gasteiger partial charge in [-0.25, -0.2) is 0 Å². The van der Waals surface area contributed by atoms with Crippen molar-refractivity contribution in [2.24, 2.45) is 10.9 Å². The van der Waals surface area contributed by atoms with Crippen LogP contribution in [0.5, 0.6) is 0 Å². The van der Waals surface area contributed by atoms with Gasteiger partial charge in [-0.3, -0.25) is 4.99 Å². The van der Waals surface area contributed by atoms with E-state index in [0.29, 0.717) is 11.5 Å². The van der Waals surface area contributed by atoms with E-state index in [1.165, 1.54) is 22.4 Å². The van der Waals surface area contributed by atoms with Crippen LogP contribution in [0.4, 0.5) is 0 Å². The van der Waals surface area contributed by atoms with Gasteiger partial charge >= 0.3 is 0 Å². The topological polar surface area (TPSA) is 36.1 Å². The molecular formula is C25H22N2. The van der Waals surface area contributed by atoms with Crippen molar-refractivity contribution in [1.29, 1.82) is 5.26 Å². The molecule has 0 aliphatic carbocycles. The summed E-state index contributed by atoms with van der Waals surface area (Å²) in [7, 11) is 0. The summed E-state index contributed by atoms with van der Waals surface area (Å²) in [6.45, 7) is 5.31. The van der Waals surface area contributed by atoms with Crippen molar-refractivity contribution in [3.05, 3.63) is 82.4 Å². The van der Waals surface area contributed by atoms with Crippen molar-refractivity contribution in [2.75, 3.05) is 6.54 Å². The highest BCUT2D eigenvalue weighted by Gasteiger charge is 2.16. The van der Waals surface area contributed by atoms with Gasteiger partial charge in [-0.05, 0) is 63.6 Å². The van der Waals surface area contributed by atoms with Gasteiger partial charge in [-0.2, -0.15) is 5.26 Å². The molecule has 1 aliphatic rings. The van der Waals surface area contributed by atoms with Crippen LogP contribution in [0, 0.1) is 17.2 Å². The average molecular weight is 350 g/mol. The molecule has 0 spiro atoms. The molecule has 0 saturated heterocycles. The molecule has 2 nitrogen and oxygen atoms in total. The van der Waals surface area contributed by atoms with Crippen LogP contribution >= 0.6 is 0 Å². The fourth-order valence-electron chi connectivity index (χ4n) is 3.68. The molecule has 3 aromatic carbocycles. The molecule has 1 aliphatic heterocycles. The van der Waals surface area contributed by atoms with Gasteiger partial charge in [-0.1, -0.05) is 62.4 Å². The Balaban J connectivity index is 1.61. The van der Waals surface area contributed by atoms with Crippen LogP contribution in [-0.4, -0.2) is 12.3 Å². The van der Waals surface area contributed by atoms with Crippen LogP contribution < -0.4 is 0 Å². The molecule has 0 amide bonds. The van der Waals surface area contributed by atoms with E-state index in [2.05, 4.69) is 68.5 Å². The minimum atomic E-state index is 0.463. The Kier molecular flexibility index (Phi) is 4.60.